The molecule has 0 unspecified atom stereocenters. The molecule has 0 aliphatic rings. The van der Waals surface area contributed by atoms with Crippen LogP contribution >= 0.6 is 0 Å². The summed E-state index contributed by atoms with van der Waals surface area (Å²) >= 11 is 0. The first kappa shape index (κ1) is 9.97. The minimum Gasteiger partial charge on any atom is -0.198 e. The van der Waals surface area contributed by atoms with Crippen LogP contribution in [0.2, 0.25) is 0 Å². The van der Waals surface area contributed by atoms with Crippen molar-refractivity contribution in [1.82, 2.24) is 0 Å². The van der Waals surface area contributed by atoms with Crippen molar-refractivity contribution in [3.8, 4) is 6.07 Å². The Hall–Kier alpha value is -1.03. The number of hydrogen-bond donors (Lipinski definition) is 0. The van der Waals surface area contributed by atoms with Crippen molar-refractivity contribution in [1.29, 1.82) is 5.26 Å². The molecule has 0 radical (unpaired) electrons. The molecule has 0 amide bonds. The second-order valence-electron chi connectivity index (χ2n) is 2.29. The van der Waals surface area contributed by atoms with Crippen LogP contribution in [-0.4, -0.2) is 0 Å². The fourth-order valence-corrected chi connectivity index (χ4v) is 0.731. The minimum atomic E-state index is 0.539. The highest BCUT2D eigenvalue weighted by Crippen LogP contribution is 1.94. The van der Waals surface area contributed by atoms with E-state index < -0.39 is 0 Å². The van der Waals surface area contributed by atoms with Crippen LogP contribution in [0.3, 0.4) is 0 Å². The molecule has 0 aromatic carbocycles. The Balaban J connectivity index is 3.14. The molecule has 0 aliphatic carbocycles. The molecule has 0 bridgehead atoms. The quantitative estimate of drug-likeness (QED) is 0.435. The summed E-state index contributed by atoms with van der Waals surface area (Å²) < 4.78 is 0. The highest BCUT2D eigenvalue weighted by Gasteiger charge is 1.75. The van der Waals surface area contributed by atoms with Gasteiger partial charge in [0.2, 0.25) is 0 Å². The summed E-state index contributed by atoms with van der Waals surface area (Å²) in [5.41, 5.74) is 0. The average molecular weight is 149 g/mol. The standard InChI is InChI=1S/C10H15N/c1-2-3-4-5-6-7-8-9-10-11/h3-4,7-8H,2,5-6,9H2,1H3/b4-3-,8-7+. The van der Waals surface area contributed by atoms with Crippen molar-refractivity contribution in [3.05, 3.63) is 24.3 Å². The van der Waals surface area contributed by atoms with E-state index in [1.54, 1.807) is 0 Å². The van der Waals surface area contributed by atoms with Gasteiger partial charge in [-0.2, -0.15) is 5.26 Å². The van der Waals surface area contributed by atoms with E-state index >= 15 is 0 Å². The van der Waals surface area contributed by atoms with Gasteiger partial charge in [0.05, 0.1) is 12.5 Å². The Morgan fingerprint density at radius 2 is 1.73 bits per heavy atom. The molecule has 1 nitrogen and oxygen atoms in total. The van der Waals surface area contributed by atoms with Crippen LogP contribution in [0.5, 0.6) is 0 Å². The van der Waals surface area contributed by atoms with Gasteiger partial charge in [0.1, 0.15) is 0 Å². The molecule has 0 rings (SSSR count). The Labute approximate surface area is 69.0 Å². The first-order valence-corrected chi connectivity index (χ1v) is 4.08. The lowest BCUT2D eigenvalue weighted by molar-refractivity contribution is 1.03. The smallest absolute Gasteiger partial charge is 0.0663 e. The fraction of sp³-hybridized carbons (Fsp3) is 0.500. The first-order valence-electron chi connectivity index (χ1n) is 4.08. The summed E-state index contributed by atoms with van der Waals surface area (Å²) in [5, 5.41) is 8.19. The molecule has 60 valence electrons. The van der Waals surface area contributed by atoms with Gasteiger partial charge in [-0.25, -0.2) is 0 Å². The van der Waals surface area contributed by atoms with E-state index in [2.05, 4.69) is 31.2 Å². The highest BCUT2D eigenvalue weighted by molar-refractivity contribution is 4.92. The van der Waals surface area contributed by atoms with E-state index in [0.717, 1.165) is 19.3 Å². The third-order valence-electron chi connectivity index (χ3n) is 1.28. The van der Waals surface area contributed by atoms with E-state index in [4.69, 9.17) is 5.26 Å². The molecule has 1 heteroatoms. The zero-order valence-corrected chi connectivity index (χ0v) is 7.09. The summed E-state index contributed by atoms with van der Waals surface area (Å²) in [4.78, 5) is 0. The summed E-state index contributed by atoms with van der Waals surface area (Å²) in [6, 6.07) is 2.06. The first-order chi connectivity index (χ1) is 5.41. The number of nitriles is 1. The van der Waals surface area contributed by atoms with Gasteiger partial charge < -0.3 is 0 Å². The van der Waals surface area contributed by atoms with Crippen molar-refractivity contribution >= 4 is 0 Å². The maximum Gasteiger partial charge on any atom is 0.0663 e. The lowest BCUT2D eigenvalue weighted by atomic mass is 10.2. The zero-order chi connectivity index (χ0) is 8.36. The van der Waals surface area contributed by atoms with E-state index in [1.807, 2.05) is 6.08 Å². The molecular weight excluding hydrogens is 134 g/mol. The molecule has 0 saturated carbocycles. The predicted molar refractivity (Wildman–Crippen MR) is 48.0 cm³/mol. The second kappa shape index (κ2) is 8.97. The zero-order valence-electron chi connectivity index (χ0n) is 7.09. The topological polar surface area (TPSA) is 23.8 Å². The Kier molecular flexibility index (Phi) is 8.13. The minimum absolute atomic E-state index is 0.539. The van der Waals surface area contributed by atoms with Gasteiger partial charge in [-0.05, 0) is 19.3 Å². The van der Waals surface area contributed by atoms with Gasteiger partial charge in [0.15, 0.2) is 0 Å². The van der Waals surface area contributed by atoms with Crippen molar-refractivity contribution in [2.45, 2.75) is 32.6 Å². The molecule has 0 saturated heterocycles. The summed E-state index contributed by atoms with van der Waals surface area (Å²) in [6.45, 7) is 2.13. The van der Waals surface area contributed by atoms with Gasteiger partial charge in [-0.1, -0.05) is 31.2 Å². The largest absolute Gasteiger partial charge is 0.198 e. The molecule has 0 atom stereocenters. The van der Waals surface area contributed by atoms with Crippen LogP contribution in [-0.2, 0) is 0 Å². The number of nitrogens with zero attached hydrogens (tertiary/aromatic N) is 1. The van der Waals surface area contributed by atoms with Crippen molar-refractivity contribution in [2.75, 3.05) is 0 Å². The third-order valence-corrected chi connectivity index (χ3v) is 1.28. The van der Waals surface area contributed by atoms with Gasteiger partial charge in [-0.3, -0.25) is 0 Å². The molecule has 0 spiro atoms. The third kappa shape index (κ3) is 8.97. The summed E-state index contributed by atoms with van der Waals surface area (Å²) in [6.07, 6.45) is 12.1. The maximum absolute atomic E-state index is 8.19. The molecular formula is C10H15N. The predicted octanol–water partition coefficient (Wildman–Crippen LogP) is 3.20. The maximum atomic E-state index is 8.19. The van der Waals surface area contributed by atoms with Crippen LogP contribution in [0.4, 0.5) is 0 Å². The molecule has 0 fully saturated rings. The molecule has 11 heavy (non-hydrogen) atoms. The number of allylic oxidation sites excluding steroid dienone is 4. The Morgan fingerprint density at radius 1 is 1.09 bits per heavy atom. The fourth-order valence-electron chi connectivity index (χ4n) is 0.731. The second-order valence-corrected chi connectivity index (χ2v) is 2.29. The highest BCUT2D eigenvalue weighted by atomic mass is 14.2. The summed E-state index contributed by atoms with van der Waals surface area (Å²) in [5.74, 6) is 0. The van der Waals surface area contributed by atoms with Crippen LogP contribution in [0.25, 0.3) is 0 Å². The Morgan fingerprint density at radius 3 is 2.27 bits per heavy atom. The SMILES string of the molecule is CC/C=C\CC/C=C/CC#N. The van der Waals surface area contributed by atoms with Gasteiger partial charge in [0, 0.05) is 0 Å². The number of unbranched alkanes of at least 4 members (excludes halogenated alkanes) is 1. The lowest BCUT2D eigenvalue weighted by Crippen LogP contribution is -1.64. The van der Waals surface area contributed by atoms with E-state index in [9.17, 15) is 0 Å². The van der Waals surface area contributed by atoms with Gasteiger partial charge in [0.25, 0.3) is 0 Å². The van der Waals surface area contributed by atoms with Crippen LogP contribution in [0.1, 0.15) is 32.6 Å². The molecule has 0 heterocycles. The number of rotatable bonds is 5. The monoisotopic (exact) mass is 149 g/mol. The number of hydrogen-bond acceptors (Lipinski definition) is 1. The molecule has 0 N–H and O–H groups in total. The molecule has 0 aliphatic heterocycles. The van der Waals surface area contributed by atoms with Gasteiger partial charge in [-0.15, -0.1) is 0 Å². The van der Waals surface area contributed by atoms with E-state index in [-0.39, 0.29) is 0 Å². The van der Waals surface area contributed by atoms with Crippen LogP contribution in [0, 0.1) is 11.3 Å². The lowest BCUT2D eigenvalue weighted by Gasteiger charge is -1.84. The van der Waals surface area contributed by atoms with E-state index in [1.165, 1.54) is 0 Å². The Bertz CT molecular complexity index is 160. The van der Waals surface area contributed by atoms with Crippen molar-refractivity contribution < 1.29 is 0 Å². The van der Waals surface area contributed by atoms with Crippen molar-refractivity contribution in [2.24, 2.45) is 0 Å². The van der Waals surface area contributed by atoms with Crippen LogP contribution < -0.4 is 0 Å². The van der Waals surface area contributed by atoms with Gasteiger partial charge >= 0.3 is 0 Å². The normalized spacial score (nSPS) is 10.9. The molecule has 0 aromatic rings. The summed E-state index contributed by atoms with van der Waals surface area (Å²) in [7, 11) is 0. The van der Waals surface area contributed by atoms with E-state index in [0.29, 0.717) is 6.42 Å². The van der Waals surface area contributed by atoms with Crippen molar-refractivity contribution in [3.63, 3.8) is 0 Å². The van der Waals surface area contributed by atoms with Crippen LogP contribution in [0.15, 0.2) is 24.3 Å². The average Bonchev–Trinajstić information content (AvgIpc) is 2.03. The molecule has 0 aromatic heterocycles.